The van der Waals surface area contributed by atoms with Gasteiger partial charge in [-0.25, -0.2) is 0 Å². The molecule has 16 heavy (non-hydrogen) atoms. The van der Waals surface area contributed by atoms with E-state index in [0.29, 0.717) is 24.2 Å². The third-order valence-corrected chi connectivity index (χ3v) is 2.35. The molecule has 1 rings (SSSR count). The molecule has 0 aliphatic rings. The van der Waals surface area contributed by atoms with E-state index in [1.165, 1.54) is 0 Å². The van der Waals surface area contributed by atoms with E-state index in [4.69, 9.17) is 10.00 Å². The molecule has 1 aromatic rings. The lowest BCUT2D eigenvalue weighted by atomic mass is 10.0. The monoisotopic (exact) mass is 217 g/mol. The van der Waals surface area contributed by atoms with Gasteiger partial charge < -0.3 is 4.74 Å². The Morgan fingerprint density at radius 1 is 1.38 bits per heavy atom. The number of ether oxygens (including phenoxy) is 1. The molecule has 0 amide bonds. The van der Waals surface area contributed by atoms with Gasteiger partial charge in [0.05, 0.1) is 18.7 Å². The Balaban J connectivity index is 2.56. The lowest BCUT2D eigenvalue weighted by molar-refractivity contribution is 0.0976. The highest BCUT2D eigenvalue weighted by atomic mass is 16.5. The fraction of sp³-hybridized carbons (Fsp3) is 0.385. The van der Waals surface area contributed by atoms with Crippen molar-refractivity contribution in [3.63, 3.8) is 0 Å². The molecule has 84 valence electrons. The minimum atomic E-state index is 0.0791. The van der Waals surface area contributed by atoms with Crippen molar-refractivity contribution in [3.05, 3.63) is 29.8 Å². The van der Waals surface area contributed by atoms with Gasteiger partial charge in [-0.05, 0) is 25.0 Å². The lowest BCUT2D eigenvalue weighted by Gasteiger charge is -2.06. The zero-order valence-electron chi connectivity index (χ0n) is 9.40. The van der Waals surface area contributed by atoms with E-state index < -0.39 is 0 Å². The normalized spacial score (nSPS) is 9.50. The van der Waals surface area contributed by atoms with Gasteiger partial charge in [0.25, 0.3) is 0 Å². The minimum absolute atomic E-state index is 0.0791. The molecule has 0 heterocycles. The smallest absolute Gasteiger partial charge is 0.166 e. The molecule has 0 bridgehead atoms. The molecule has 3 heteroatoms. The fourth-order valence-electron chi connectivity index (χ4n) is 1.50. The Hall–Kier alpha value is -1.82. The van der Waals surface area contributed by atoms with Gasteiger partial charge in [0.2, 0.25) is 0 Å². The second kappa shape index (κ2) is 6.62. The summed E-state index contributed by atoms with van der Waals surface area (Å²) >= 11 is 0. The number of rotatable bonds is 6. The summed E-state index contributed by atoms with van der Waals surface area (Å²) in [5, 5.41) is 8.38. The van der Waals surface area contributed by atoms with Crippen molar-refractivity contribution >= 4 is 5.78 Å². The number of carbonyl (C=O) groups is 1. The van der Waals surface area contributed by atoms with Crippen LogP contribution in [0.15, 0.2) is 24.3 Å². The lowest BCUT2D eigenvalue weighted by Crippen LogP contribution is -2.01. The quantitative estimate of drug-likeness (QED) is 0.543. The molecule has 3 nitrogen and oxygen atoms in total. The molecular formula is C13H15NO2. The molecule has 0 N–H and O–H groups in total. The molecule has 0 aliphatic carbocycles. The topological polar surface area (TPSA) is 50.1 Å². The van der Waals surface area contributed by atoms with Gasteiger partial charge in [0.1, 0.15) is 5.75 Å². The summed E-state index contributed by atoms with van der Waals surface area (Å²) in [6, 6.07) is 9.28. The van der Waals surface area contributed by atoms with Gasteiger partial charge in [0, 0.05) is 12.8 Å². The average molecular weight is 217 g/mol. The first kappa shape index (κ1) is 12.3. The fourth-order valence-corrected chi connectivity index (χ4v) is 1.50. The van der Waals surface area contributed by atoms with Gasteiger partial charge in [-0.3, -0.25) is 4.79 Å². The maximum atomic E-state index is 11.8. The van der Waals surface area contributed by atoms with Crippen LogP contribution in [0.2, 0.25) is 0 Å². The van der Waals surface area contributed by atoms with Crippen molar-refractivity contribution < 1.29 is 9.53 Å². The standard InChI is InChI=1S/C13H15NO2/c1-16-13-9-5-4-7-11(13)12(15)8-3-2-6-10-14/h4-5,7,9H,2-3,6,8H2,1H3. The molecule has 1 aromatic carbocycles. The number of Topliss-reactive ketones (excluding diaryl/α,β-unsaturated/α-hetero) is 1. The number of methoxy groups -OCH3 is 1. The number of unbranched alkanes of at least 4 members (excludes halogenated alkanes) is 2. The maximum absolute atomic E-state index is 11.8. The van der Waals surface area contributed by atoms with Crippen molar-refractivity contribution in [2.24, 2.45) is 0 Å². The Morgan fingerprint density at radius 2 is 2.12 bits per heavy atom. The van der Waals surface area contributed by atoms with Crippen LogP contribution in [0.4, 0.5) is 0 Å². The highest BCUT2D eigenvalue weighted by molar-refractivity contribution is 5.98. The van der Waals surface area contributed by atoms with Crippen LogP contribution in [0.3, 0.4) is 0 Å². The van der Waals surface area contributed by atoms with Gasteiger partial charge in [-0.1, -0.05) is 12.1 Å². The zero-order chi connectivity index (χ0) is 11.8. The number of carbonyl (C=O) groups excluding carboxylic acids is 1. The largest absolute Gasteiger partial charge is 0.496 e. The summed E-state index contributed by atoms with van der Waals surface area (Å²) in [6.07, 6.45) is 2.52. The van der Waals surface area contributed by atoms with E-state index in [1.54, 1.807) is 19.2 Å². The van der Waals surface area contributed by atoms with Crippen LogP contribution in [0.1, 0.15) is 36.0 Å². The molecule has 0 saturated heterocycles. The number of para-hydroxylation sites is 1. The van der Waals surface area contributed by atoms with Crippen LogP contribution in [0.25, 0.3) is 0 Å². The molecule has 0 spiro atoms. The van der Waals surface area contributed by atoms with E-state index >= 15 is 0 Å². The number of hydrogen-bond acceptors (Lipinski definition) is 3. The first-order valence-electron chi connectivity index (χ1n) is 5.32. The van der Waals surface area contributed by atoms with Crippen molar-refractivity contribution in [1.82, 2.24) is 0 Å². The Labute approximate surface area is 95.7 Å². The van der Waals surface area contributed by atoms with Crippen LogP contribution < -0.4 is 4.74 Å². The van der Waals surface area contributed by atoms with Crippen LogP contribution in [-0.4, -0.2) is 12.9 Å². The van der Waals surface area contributed by atoms with E-state index in [9.17, 15) is 4.79 Å². The van der Waals surface area contributed by atoms with Crippen molar-refractivity contribution in [1.29, 1.82) is 5.26 Å². The Kier molecular flexibility index (Phi) is 5.07. The third kappa shape index (κ3) is 3.39. The Bertz CT molecular complexity index is 393. The molecule has 0 aromatic heterocycles. The number of hydrogen-bond donors (Lipinski definition) is 0. The minimum Gasteiger partial charge on any atom is -0.496 e. The highest BCUT2D eigenvalue weighted by Crippen LogP contribution is 2.19. The average Bonchev–Trinajstić information content (AvgIpc) is 2.34. The summed E-state index contributed by atoms with van der Waals surface area (Å²) < 4.78 is 5.12. The first-order valence-corrected chi connectivity index (χ1v) is 5.32. The number of benzene rings is 1. The molecular weight excluding hydrogens is 202 g/mol. The molecule has 0 radical (unpaired) electrons. The number of nitriles is 1. The zero-order valence-corrected chi connectivity index (χ0v) is 9.40. The van der Waals surface area contributed by atoms with Crippen LogP contribution >= 0.6 is 0 Å². The first-order chi connectivity index (χ1) is 7.79. The van der Waals surface area contributed by atoms with Crippen molar-refractivity contribution in [2.75, 3.05) is 7.11 Å². The van der Waals surface area contributed by atoms with Crippen LogP contribution in [0.5, 0.6) is 5.75 Å². The van der Waals surface area contributed by atoms with Crippen LogP contribution in [-0.2, 0) is 0 Å². The number of ketones is 1. The summed E-state index contributed by atoms with van der Waals surface area (Å²) in [5.74, 6) is 0.697. The van der Waals surface area contributed by atoms with Gasteiger partial charge >= 0.3 is 0 Å². The van der Waals surface area contributed by atoms with Gasteiger partial charge in [-0.15, -0.1) is 0 Å². The third-order valence-electron chi connectivity index (χ3n) is 2.35. The summed E-state index contributed by atoms with van der Waals surface area (Å²) in [5.41, 5.74) is 0.627. The van der Waals surface area contributed by atoms with E-state index in [-0.39, 0.29) is 5.78 Å². The summed E-state index contributed by atoms with van der Waals surface area (Å²) in [4.78, 5) is 11.8. The molecule has 0 saturated carbocycles. The van der Waals surface area contributed by atoms with Gasteiger partial charge in [0.15, 0.2) is 5.78 Å². The van der Waals surface area contributed by atoms with Crippen LogP contribution in [0, 0.1) is 11.3 Å². The SMILES string of the molecule is COc1ccccc1C(=O)CCCCC#N. The molecule has 0 fully saturated rings. The maximum Gasteiger partial charge on any atom is 0.166 e. The number of nitrogens with zero attached hydrogens (tertiary/aromatic N) is 1. The van der Waals surface area contributed by atoms with Crippen molar-refractivity contribution in [3.8, 4) is 11.8 Å². The summed E-state index contributed by atoms with van der Waals surface area (Å²) in [7, 11) is 1.56. The Morgan fingerprint density at radius 3 is 2.81 bits per heavy atom. The molecule has 0 aliphatic heterocycles. The molecule has 0 atom stereocenters. The predicted octanol–water partition coefficient (Wildman–Crippen LogP) is 2.96. The summed E-state index contributed by atoms with van der Waals surface area (Å²) in [6.45, 7) is 0. The second-order valence-electron chi connectivity index (χ2n) is 3.49. The van der Waals surface area contributed by atoms with Gasteiger partial charge in [-0.2, -0.15) is 5.26 Å². The van der Waals surface area contributed by atoms with E-state index in [0.717, 1.165) is 12.8 Å². The van der Waals surface area contributed by atoms with E-state index in [1.807, 2.05) is 12.1 Å². The predicted molar refractivity (Wildman–Crippen MR) is 61.4 cm³/mol. The van der Waals surface area contributed by atoms with Crippen molar-refractivity contribution in [2.45, 2.75) is 25.7 Å². The molecule has 0 unspecified atom stereocenters. The highest BCUT2D eigenvalue weighted by Gasteiger charge is 2.10. The van der Waals surface area contributed by atoms with E-state index in [2.05, 4.69) is 6.07 Å². The second-order valence-corrected chi connectivity index (χ2v) is 3.49.